The number of nitrogens with zero attached hydrogens (tertiary/aromatic N) is 1. The van der Waals surface area contributed by atoms with Gasteiger partial charge in [-0.1, -0.05) is 35.5 Å². The van der Waals surface area contributed by atoms with Gasteiger partial charge in [0.1, 0.15) is 6.61 Å². The second-order valence-electron chi connectivity index (χ2n) is 4.40. The molecule has 0 aliphatic heterocycles. The topological polar surface area (TPSA) is 91.2 Å². The van der Waals surface area contributed by atoms with Crippen molar-refractivity contribution in [3.8, 4) is 11.5 Å². The highest BCUT2D eigenvalue weighted by Crippen LogP contribution is 2.30. The summed E-state index contributed by atoms with van der Waals surface area (Å²) in [5.41, 5.74) is 1.45. The maximum atomic E-state index is 10.7. The fourth-order valence-electron chi connectivity index (χ4n) is 1.90. The normalized spacial score (nSPS) is 10.6. The van der Waals surface area contributed by atoms with E-state index in [1.807, 2.05) is 0 Å². The van der Waals surface area contributed by atoms with E-state index in [4.69, 9.17) is 14.7 Å². The highest BCUT2D eigenvalue weighted by Gasteiger charge is 2.09. The number of benzene rings is 2. The lowest BCUT2D eigenvalue weighted by Crippen LogP contribution is -2.22. The molecule has 6 nitrogen and oxygen atoms in total. The van der Waals surface area contributed by atoms with Gasteiger partial charge in [-0.2, -0.15) is 0 Å². The third kappa shape index (κ3) is 3.54. The van der Waals surface area contributed by atoms with E-state index in [2.05, 4.69) is 5.16 Å². The van der Waals surface area contributed by atoms with Gasteiger partial charge >= 0.3 is 0 Å². The molecular weight excluding hydrogens is 286 g/mol. The molecule has 0 aliphatic carbocycles. The average Bonchev–Trinajstić information content (AvgIpc) is 2.54. The predicted molar refractivity (Wildman–Crippen MR) is 77.5 cm³/mol. The van der Waals surface area contributed by atoms with Crippen molar-refractivity contribution in [1.82, 2.24) is 0 Å². The summed E-state index contributed by atoms with van der Waals surface area (Å²) in [5.74, 6) is -0.283. The van der Waals surface area contributed by atoms with Crippen molar-refractivity contribution < 1.29 is 24.6 Å². The maximum absolute atomic E-state index is 10.7. The van der Waals surface area contributed by atoms with Gasteiger partial charge in [-0.05, 0) is 23.3 Å². The lowest BCUT2D eigenvalue weighted by Gasteiger charge is -2.13. The van der Waals surface area contributed by atoms with Gasteiger partial charge in [0, 0.05) is 5.56 Å². The van der Waals surface area contributed by atoms with Crippen molar-refractivity contribution in [1.29, 1.82) is 0 Å². The SMILES string of the molecule is COc1cccc(/C=N\O)c1OCc1ccc(C(=O)[O-])cc1. The van der Waals surface area contributed by atoms with Gasteiger partial charge in [-0.15, -0.1) is 0 Å². The number of rotatable bonds is 6. The van der Waals surface area contributed by atoms with E-state index >= 15 is 0 Å². The number of carbonyl (C=O) groups is 1. The van der Waals surface area contributed by atoms with Crippen molar-refractivity contribution >= 4 is 12.2 Å². The monoisotopic (exact) mass is 300 g/mol. The fraction of sp³-hybridized carbons (Fsp3) is 0.125. The first-order chi connectivity index (χ1) is 10.7. The molecule has 0 radical (unpaired) electrons. The highest BCUT2D eigenvalue weighted by molar-refractivity contribution is 5.85. The molecule has 0 heterocycles. The molecule has 1 N–H and O–H groups in total. The lowest BCUT2D eigenvalue weighted by molar-refractivity contribution is -0.255. The Morgan fingerprint density at radius 3 is 2.59 bits per heavy atom. The van der Waals surface area contributed by atoms with Gasteiger partial charge in [-0.25, -0.2) is 0 Å². The number of carbonyl (C=O) groups excluding carboxylic acids is 1. The first-order valence-electron chi connectivity index (χ1n) is 6.43. The summed E-state index contributed by atoms with van der Waals surface area (Å²) in [5, 5.41) is 22.4. The number of carboxylic acid groups (broad SMARTS) is 1. The van der Waals surface area contributed by atoms with Crippen molar-refractivity contribution in [2.24, 2.45) is 5.16 Å². The highest BCUT2D eigenvalue weighted by atomic mass is 16.5. The summed E-state index contributed by atoms with van der Waals surface area (Å²) in [4.78, 5) is 10.7. The molecule has 2 rings (SSSR count). The fourth-order valence-corrected chi connectivity index (χ4v) is 1.90. The number of oxime groups is 1. The van der Waals surface area contributed by atoms with Crippen molar-refractivity contribution in [2.45, 2.75) is 6.61 Å². The number of methoxy groups -OCH3 is 1. The Morgan fingerprint density at radius 2 is 2.00 bits per heavy atom. The summed E-state index contributed by atoms with van der Waals surface area (Å²) in [7, 11) is 1.51. The zero-order valence-electron chi connectivity index (χ0n) is 11.9. The zero-order chi connectivity index (χ0) is 15.9. The molecule has 0 amide bonds. The molecule has 6 heteroatoms. The van der Waals surface area contributed by atoms with Gasteiger partial charge in [-0.3, -0.25) is 0 Å². The van der Waals surface area contributed by atoms with Crippen molar-refractivity contribution in [3.05, 3.63) is 59.2 Å². The lowest BCUT2D eigenvalue weighted by atomic mass is 10.1. The molecule has 0 fully saturated rings. The van der Waals surface area contributed by atoms with Gasteiger partial charge in [0.25, 0.3) is 0 Å². The molecule has 0 bridgehead atoms. The molecule has 2 aromatic carbocycles. The van der Waals surface area contributed by atoms with E-state index in [9.17, 15) is 9.90 Å². The minimum absolute atomic E-state index is 0.106. The Morgan fingerprint density at radius 1 is 1.27 bits per heavy atom. The van der Waals surface area contributed by atoms with Crippen LogP contribution in [-0.4, -0.2) is 24.5 Å². The van der Waals surface area contributed by atoms with Crippen molar-refractivity contribution in [2.75, 3.05) is 7.11 Å². The maximum Gasteiger partial charge on any atom is 0.170 e. The van der Waals surface area contributed by atoms with Gasteiger partial charge in [0.15, 0.2) is 11.5 Å². The largest absolute Gasteiger partial charge is 0.545 e. The molecule has 2 aromatic rings. The third-order valence-electron chi connectivity index (χ3n) is 3.00. The Hall–Kier alpha value is -3.02. The minimum Gasteiger partial charge on any atom is -0.545 e. The van der Waals surface area contributed by atoms with Gasteiger partial charge < -0.3 is 24.6 Å². The van der Waals surface area contributed by atoms with Gasteiger partial charge in [0.2, 0.25) is 0 Å². The summed E-state index contributed by atoms with van der Waals surface area (Å²) < 4.78 is 10.9. The second kappa shape index (κ2) is 7.12. The van der Waals surface area contributed by atoms with Crippen LogP contribution in [0.1, 0.15) is 21.5 Å². The molecule has 0 aromatic heterocycles. The number of para-hydroxylation sites is 1. The first-order valence-corrected chi connectivity index (χ1v) is 6.43. The molecule has 0 saturated carbocycles. The van der Waals surface area contributed by atoms with Crippen LogP contribution >= 0.6 is 0 Å². The van der Waals surface area contributed by atoms with E-state index in [0.717, 1.165) is 5.56 Å². The first kappa shape index (κ1) is 15.4. The Kier molecular flexibility index (Phi) is 4.98. The van der Waals surface area contributed by atoms with Crippen LogP contribution in [0, 0.1) is 0 Å². The van der Waals surface area contributed by atoms with E-state index < -0.39 is 5.97 Å². The third-order valence-corrected chi connectivity index (χ3v) is 3.00. The molecule has 0 saturated heterocycles. The van der Waals surface area contributed by atoms with Gasteiger partial charge in [0.05, 0.1) is 19.3 Å². The minimum atomic E-state index is -1.22. The van der Waals surface area contributed by atoms with Crippen LogP contribution in [0.4, 0.5) is 0 Å². The van der Waals surface area contributed by atoms with Crippen LogP contribution in [0.3, 0.4) is 0 Å². The summed E-state index contributed by atoms with van der Waals surface area (Å²) in [6, 6.07) is 11.4. The number of hydrogen-bond acceptors (Lipinski definition) is 6. The number of carboxylic acids is 1. The Balaban J connectivity index is 2.18. The predicted octanol–water partition coefficient (Wildman–Crippen LogP) is 1.45. The van der Waals surface area contributed by atoms with E-state index in [1.165, 1.54) is 25.5 Å². The van der Waals surface area contributed by atoms with E-state index in [1.54, 1.807) is 30.3 Å². The van der Waals surface area contributed by atoms with Crippen LogP contribution < -0.4 is 14.6 Å². The van der Waals surface area contributed by atoms with Crippen molar-refractivity contribution in [3.63, 3.8) is 0 Å². The van der Waals surface area contributed by atoms with Crippen LogP contribution in [0.5, 0.6) is 11.5 Å². The summed E-state index contributed by atoms with van der Waals surface area (Å²) in [6.45, 7) is 0.208. The molecule has 0 spiro atoms. The number of aromatic carboxylic acids is 1. The zero-order valence-corrected chi connectivity index (χ0v) is 11.9. The quantitative estimate of drug-likeness (QED) is 0.495. The van der Waals surface area contributed by atoms with E-state index in [0.29, 0.717) is 17.1 Å². The van der Waals surface area contributed by atoms with Crippen LogP contribution in [0.2, 0.25) is 0 Å². The van der Waals surface area contributed by atoms with E-state index in [-0.39, 0.29) is 12.2 Å². The number of hydrogen-bond donors (Lipinski definition) is 1. The molecular formula is C16H14NO5-. The van der Waals surface area contributed by atoms with Crippen LogP contribution in [-0.2, 0) is 6.61 Å². The second-order valence-corrected chi connectivity index (χ2v) is 4.40. The molecule has 0 atom stereocenters. The summed E-state index contributed by atoms with van der Waals surface area (Å²) in [6.07, 6.45) is 1.25. The Labute approximate surface area is 127 Å². The molecule has 22 heavy (non-hydrogen) atoms. The Bertz CT molecular complexity index is 679. The molecule has 0 aliphatic rings. The summed E-state index contributed by atoms with van der Waals surface area (Å²) >= 11 is 0. The average molecular weight is 300 g/mol. The number of ether oxygens (including phenoxy) is 2. The van der Waals surface area contributed by atoms with Crippen LogP contribution in [0.15, 0.2) is 47.6 Å². The standard InChI is InChI=1S/C16H15NO5/c1-21-14-4-2-3-13(9-17-20)15(14)22-10-11-5-7-12(8-6-11)16(18)19/h2-9,20H,10H2,1H3,(H,18,19)/p-1/b17-9-. The molecule has 114 valence electrons. The van der Waals surface area contributed by atoms with Crippen LogP contribution in [0.25, 0.3) is 0 Å². The molecule has 0 unspecified atom stereocenters. The smallest absolute Gasteiger partial charge is 0.170 e.